The maximum Gasteiger partial charge on any atom is 0.339 e. The van der Waals surface area contributed by atoms with Gasteiger partial charge in [0.15, 0.2) is 11.5 Å². The molecular formula is C30H24BrNO6S2. The van der Waals surface area contributed by atoms with Gasteiger partial charge in [-0.05, 0) is 99.8 Å². The third-order valence-electron chi connectivity index (χ3n) is 6.16. The topological polar surface area (TPSA) is 90.0 Å². The SMILES string of the molecule is CCOc1cc(/C=C2\SC(=O)N(Cc3ccc4ccccc4c3)C2=O)cc(Br)c1OS(=O)(=O)c1ccc(C)cc1. The molecule has 0 saturated carbocycles. The van der Waals surface area contributed by atoms with Crippen molar-refractivity contribution in [2.24, 2.45) is 0 Å². The second kappa shape index (κ2) is 11.5. The van der Waals surface area contributed by atoms with Gasteiger partial charge in [-0.25, -0.2) is 0 Å². The standard InChI is InChI=1S/C30H24BrNO6S2/c1-3-37-26-16-21(15-25(31)28(26)38-40(35,36)24-12-8-19(2)9-13-24)17-27-29(33)32(30(34)39-27)18-20-10-11-22-6-4-5-7-23(22)14-20/h4-17H,3,18H2,1-2H3/b27-17-. The third kappa shape index (κ3) is 5.94. The van der Waals surface area contributed by atoms with E-state index in [-0.39, 0.29) is 39.7 Å². The molecule has 0 aromatic heterocycles. The van der Waals surface area contributed by atoms with Crippen LogP contribution in [-0.2, 0) is 21.5 Å². The molecule has 5 rings (SSSR count). The molecule has 204 valence electrons. The molecule has 2 amide bonds. The van der Waals surface area contributed by atoms with Crippen molar-refractivity contribution in [3.8, 4) is 11.5 Å². The maximum absolute atomic E-state index is 13.2. The van der Waals surface area contributed by atoms with E-state index in [1.54, 1.807) is 37.3 Å². The highest BCUT2D eigenvalue weighted by Gasteiger charge is 2.35. The Hall–Kier alpha value is -3.60. The molecule has 40 heavy (non-hydrogen) atoms. The number of fused-ring (bicyclic) bond motifs is 1. The maximum atomic E-state index is 13.2. The molecule has 0 spiro atoms. The number of carbonyl (C=O) groups is 2. The van der Waals surface area contributed by atoms with Crippen LogP contribution in [0.4, 0.5) is 4.79 Å². The largest absolute Gasteiger partial charge is 0.490 e. The van der Waals surface area contributed by atoms with Gasteiger partial charge in [0.05, 0.1) is 22.5 Å². The molecule has 0 unspecified atom stereocenters. The van der Waals surface area contributed by atoms with Crippen LogP contribution >= 0.6 is 27.7 Å². The number of hydrogen-bond donors (Lipinski definition) is 0. The summed E-state index contributed by atoms with van der Waals surface area (Å²) in [5.74, 6) is -0.238. The van der Waals surface area contributed by atoms with Crippen molar-refractivity contribution in [3.05, 3.63) is 105 Å². The van der Waals surface area contributed by atoms with Crippen LogP contribution in [0.5, 0.6) is 11.5 Å². The zero-order valence-corrected chi connectivity index (χ0v) is 24.8. The Labute approximate surface area is 245 Å². The number of nitrogens with zero attached hydrogens (tertiary/aromatic N) is 1. The Balaban J connectivity index is 1.40. The van der Waals surface area contributed by atoms with Gasteiger partial charge in [0.2, 0.25) is 0 Å². The summed E-state index contributed by atoms with van der Waals surface area (Å²) < 4.78 is 37.3. The highest BCUT2D eigenvalue weighted by atomic mass is 79.9. The van der Waals surface area contributed by atoms with Crippen molar-refractivity contribution in [2.75, 3.05) is 6.61 Å². The Bertz CT molecular complexity index is 1770. The quantitative estimate of drug-likeness (QED) is 0.148. The molecule has 7 nitrogen and oxygen atoms in total. The molecule has 1 aliphatic rings. The Morgan fingerprint density at radius 1 is 0.950 bits per heavy atom. The summed E-state index contributed by atoms with van der Waals surface area (Å²) in [5, 5.41) is 1.75. The summed E-state index contributed by atoms with van der Waals surface area (Å²) in [6, 6.07) is 23.2. The van der Waals surface area contributed by atoms with Crippen LogP contribution in [0, 0.1) is 6.92 Å². The van der Waals surface area contributed by atoms with Gasteiger partial charge < -0.3 is 8.92 Å². The van der Waals surface area contributed by atoms with Crippen LogP contribution in [0.1, 0.15) is 23.6 Å². The Morgan fingerprint density at radius 2 is 1.68 bits per heavy atom. The minimum absolute atomic E-state index is 0.0102. The molecule has 10 heteroatoms. The van der Waals surface area contributed by atoms with Crippen LogP contribution in [0.2, 0.25) is 0 Å². The van der Waals surface area contributed by atoms with E-state index in [1.807, 2.05) is 49.4 Å². The van der Waals surface area contributed by atoms with Crippen molar-refractivity contribution in [1.29, 1.82) is 0 Å². The van der Waals surface area contributed by atoms with Crippen molar-refractivity contribution in [3.63, 3.8) is 0 Å². The number of carbonyl (C=O) groups excluding carboxylic acids is 2. The number of halogens is 1. The van der Waals surface area contributed by atoms with Gasteiger partial charge in [-0.1, -0.05) is 54.1 Å². The molecule has 0 aliphatic carbocycles. The lowest BCUT2D eigenvalue weighted by molar-refractivity contribution is -0.123. The number of aryl methyl sites for hydroxylation is 1. The zero-order chi connectivity index (χ0) is 28.4. The Kier molecular flexibility index (Phi) is 8.02. The van der Waals surface area contributed by atoms with E-state index in [9.17, 15) is 18.0 Å². The van der Waals surface area contributed by atoms with Crippen molar-refractivity contribution in [2.45, 2.75) is 25.3 Å². The van der Waals surface area contributed by atoms with Crippen molar-refractivity contribution >= 4 is 65.8 Å². The summed E-state index contributed by atoms with van der Waals surface area (Å²) in [5.41, 5.74) is 2.30. The second-order valence-corrected chi connectivity index (χ2v) is 12.5. The highest BCUT2D eigenvalue weighted by molar-refractivity contribution is 9.10. The Morgan fingerprint density at radius 3 is 2.40 bits per heavy atom. The predicted octanol–water partition coefficient (Wildman–Crippen LogP) is 7.31. The molecule has 0 bridgehead atoms. The molecule has 0 radical (unpaired) electrons. The van der Waals surface area contributed by atoms with E-state index < -0.39 is 16.0 Å². The number of rotatable bonds is 8. The minimum Gasteiger partial charge on any atom is -0.490 e. The lowest BCUT2D eigenvalue weighted by atomic mass is 10.1. The van der Waals surface area contributed by atoms with Gasteiger partial charge in [0.1, 0.15) is 4.90 Å². The van der Waals surface area contributed by atoms with Crippen LogP contribution in [-0.4, -0.2) is 31.1 Å². The number of hydrogen-bond acceptors (Lipinski definition) is 7. The first kappa shape index (κ1) is 27.9. The fraction of sp³-hybridized carbons (Fsp3) is 0.133. The number of amides is 2. The number of imide groups is 1. The summed E-state index contributed by atoms with van der Waals surface area (Å²) >= 11 is 4.24. The van der Waals surface area contributed by atoms with E-state index in [0.717, 1.165) is 33.7 Å². The molecule has 1 fully saturated rings. The van der Waals surface area contributed by atoms with Crippen LogP contribution in [0.15, 0.2) is 93.1 Å². The van der Waals surface area contributed by atoms with Crippen molar-refractivity contribution < 1.29 is 26.9 Å². The molecule has 0 N–H and O–H groups in total. The van der Waals surface area contributed by atoms with Gasteiger partial charge in [0.25, 0.3) is 11.1 Å². The van der Waals surface area contributed by atoms with E-state index in [1.165, 1.54) is 17.0 Å². The van der Waals surface area contributed by atoms with E-state index in [2.05, 4.69) is 15.9 Å². The fourth-order valence-corrected chi connectivity index (χ4v) is 6.63. The van der Waals surface area contributed by atoms with Gasteiger partial charge in [-0.15, -0.1) is 0 Å². The summed E-state index contributed by atoms with van der Waals surface area (Å²) in [6.07, 6.45) is 1.58. The lowest BCUT2D eigenvalue weighted by Crippen LogP contribution is -2.27. The summed E-state index contributed by atoms with van der Waals surface area (Å²) in [4.78, 5) is 27.4. The van der Waals surface area contributed by atoms with Crippen LogP contribution in [0.25, 0.3) is 16.8 Å². The normalized spacial score (nSPS) is 14.8. The van der Waals surface area contributed by atoms with Crippen LogP contribution in [0.3, 0.4) is 0 Å². The highest BCUT2D eigenvalue weighted by Crippen LogP contribution is 2.41. The molecule has 0 atom stereocenters. The van der Waals surface area contributed by atoms with Gasteiger partial charge in [0, 0.05) is 0 Å². The first-order chi connectivity index (χ1) is 19.1. The summed E-state index contributed by atoms with van der Waals surface area (Å²) in [7, 11) is -4.13. The number of thioether (sulfide) groups is 1. The fourth-order valence-electron chi connectivity index (χ4n) is 4.19. The zero-order valence-electron chi connectivity index (χ0n) is 21.6. The third-order valence-corrected chi connectivity index (χ3v) is 8.89. The first-order valence-electron chi connectivity index (χ1n) is 12.3. The molecule has 4 aromatic rings. The van der Waals surface area contributed by atoms with Gasteiger partial charge in [-0.3, -0.25) is 14.5 Å². The minimum atomic E-state index is -4.13. The van der Waals surface area contributed by atoms with Gasteiger partial charge >= 0.3 is 10.1 Å². The second-order valence-electron chi connectivity index (χ2n) is 9.06. The lowest BCUT2D eigenvalue weighted by Gasteiger charge is -2.15. The first-order valence-corrected chi connectivity index (χ1v) is 15.4. The molecule has 1 aliphatic heterocycles. The van der Waals surface area contributed by atoms with Crippen molar-refractivity contribution in [1.82, 2.24) is 4.90 Å². The monoisotopic (exact) mass is 637 g/mol. The summed E-state index contributed by atoms with van der Waals surface area (Å²) in [6.45, 7) is 4.03. The molecular weight excluding hydrogens is 614 g/mol. The average Bonchev–Trinajstić information content (AvgIpc) is 3.18. The smallest absolute Gasteiger partial charge is 0.339 e. The number of ether oxygens (including phenoxy) is 1. The number of benzene rings is 4. The molecule has 1 heterocycles. The average molecular weight is 639 g/mol. The molecule has 1 saturated heterocycles. The van der Waals surface area contributed by atoms with E-state index in [4.69, 9.17) is 8.92 Å². The van der Waals surface area contributed by atoms with E-state index in [0.29, 0.717) is 10.0 Å². The molecule has 4 aromatic carbocycles. The van der Waals surface area contributed by atoms with Crippen LogP contribution < -0.4 is 8.92 Å². The van der Waals surface area contributed by atoms with E-state index >= 15 is 0 Å². The predicted molar refractivity (Wildman–Crippen MR) is 160 cm³/mol. The van der Waals surface area contributed by atoms with Gasteiger partial charge in [-0.2, -0.15) is 8.42 Å².